The molecule has 6 nitrogen and oxygen atoms in total. The molecule has 2 aliphatic heterocycles. The van der Waals surface area contributed by atoms with Gasteiger partial charge in [0, 0.05) is 17.4 Å². The van der Waals surface area contributed by atoms with Gasteiger partial charge in [-0.1, -0.05) is 30.3 Å². The molecule has 3 N–H and O–H groups in total. The third-order valence-corrected chi connectivity index (χ3v) is 5.75. The summed E-state index contributed by atoms with van der Waals surface area (Å²) >= 11 is 0. The number of aliphatic hydroxyl groups is 3. The Hall–Kier alpha value is -2.22. The van der Waals surface area contributed by atoms with Gasteiger partial charge in [0.15, 0.2) is 0 Å². The van der Waals surface area contributed by atoms with Gasteiger partial charge < -0.3 is 29.2 Å². The molecule has 1 aromatic heterocycles. The molecule has 0 aliphatic carbocycles. The zero-order valence-electron chi connectivity index (χ0n) is 15.4. The minimum absolute atomic E-state index is 0.271. The van der Waals surface area contributed by atoms with Gasteiger partial charge in [0.25, 0.3) is 0 Å². The van der Waals surface area contributed by atoms with E-state index in [9.17, 15) is 15.3 Å². The summed E-state index contributed by atoms with van der Waals surface area (Å²) in [6.07, 6.45) is -4.01. The highest BCUT2D eigenvalue weighted by molar-refractivity contribution is 5.77. The van der Waals surface area contributed by atoms with Crippen LogP contribution in [-0.2, 0) is 28.3 Å². The van der Waals surface area contributed by atoms with Crippen LogP contribution in [0, 0.1) is 0 Å². The molecule has 28 heavy (non-hydrogen) atoms. The number of hydrogen-bond acceptors (Lipinski definition) is 6. The smallest absolute Gasteiger partial charge is 0.225 e. The zero-order valence-corrected chi connectivity index (χ0v) is 15.4. The molecule has 2 aromatic carbocycles. The lowest BCUT2D eigenvalue weighted by Crippen LogP contribution is -2.62. The van der Waals surface area contributed by atoms with Gasteiger partial charge in [-0.25, -0.2) is 0 Å². The Morgan fingerprint density at radius 2 is 1.86 bits per heavy atom. The third kappa shape index (κ3) is 2.61. The van der Waals surface area contributed by atoms with Crippen LogP contribution in [-0.4, -0.2) is 39.7 Å². The normalized spacial score (nSPS) is 32.1. The van der Waals surface area contributed by atoms with Crippen LogP contribution in [0.5, 0.6) is 0 Å². The molecule has 0 bridgehead atoms. The molecule has 146 valence electrons. The van der Waals surface area contributed by atoms with Crippen LogP contribution >= 0.6 is 0 Å². The Kier molecular flexibility index (Phi) is 4.08. The first-order chi connectivity index (χ1) is 13.5. The van der Waals surface area contributed by atoms with Gasteiger partial charge in [-0.05, 0) is 36.2 Å². The van der Waals surface area contributed by atoms with Crippen molar-refractivity contribution in [1.82, 2.24) is 0 Å². The van der Waals surface area contributed by atoms with Gasteiger partial charge >= 0.3 is 0 Å². The molecular weight excluding hydrogens is 360 g/mol. The molecule has 5 atom stereocenters. The van der Waals surface area contributed by atoms with E-state index in [-0.39, 0.29) is 6.61 Å². The predicted octanol–water partition coefficient (Wildman–Crippen LogP) is 2.21. The number of furan rings is 1. The Morgan fingerprint density at radius 3 is 2.68 bits per heavy atom. The van der Waals surface area contributed by atoms with Gasteiger partial charge in [0.1, 0.15) is 29.7 Å². The minimum Gasteiger partial charge on any atom is -0.461 e. The quantitative estimate of drug-likeness (QED) is 0.629. The molecule has 0 amide bonds. The summed E-state index contributed by atoms with van der Waals surface area (Å²) < 4.78 is 17.7. The molecule has 1 spiro atoms. The van der Waals surface area contributed by atoms with Crippen LogP contribution in [0.15, 0.2) is 52.9 Å². The largest absolute Gasteiger partial charge is 0.461 e. The predicted molar refractivity (Wildman–Crippen MR) is 100 cm³/mol. The van der Waals surface area contributed by atoms with Crippen LogP contribution in [0.4, 0.5) is 0 Å². The van der Waals surface area contributed by atoms with E-state index >= 15 is 0 Å². The zero-order chi connectivity index (χ0) is 19.5. The molecule has 5 rings (SSSR count). The summed E-state index contributed by atoms with van der Waals surface area (Å²) in [6.45, 7) is 1.92. The van der Waals surface area contributed by atoms with Crippen LogP contribution in [0.3, 0.4) is 0 Å². The van der Waals surface area contributed by atoms with Crippen molar-refractivity contribution in [1.29, 1.82) is 0 Å². The fraction of sp³-hybridized carbons (Fsp3) is 0.364. The number of aliphatic hydroxyl groups excluding tert-OH is 3. The average molecular weight is 382 g/mol. The van der Waals surface area contributed by atoms with E-state index in [1.165, 1.54) is 0 Å². The molecule has 3 aromatic rings. The summed E-state index contributed by atoms with van der Waals surface area (Å²) in [5.74, 6) is -0.639. The Bertz CT molecular complexity index is 994. The lowest BCUT2D eigenvalue weighted by atomic mass is 9.87. The number of rotatable bonds is 2. The van der Waals surface area contributed by atoms with E-state index in [1.807, 2.05) is 48.5 Å². The van der Waals surface area contributed by atoms with Crippen molar-refractivity contribution >= 4 is 11.0 Å². The minimum atomic E-state index is -1.47. The maximum Gasteiger partial charge on any atom is 0.225 e. The first kappa shape index (κ1) is 17.8. The van der Waals surface area contributed by atoms with E-state index in [4.69, 9.17) is 13.9 Å². The van der Waals surface area contributed by atoms with Gasteiger partial charge in [0.2, 0.25) is 5.79 Å². The van der Waals surface area contributed by atoms with Crippen molar-refractivity contribution in [3.8, 4) is 0 Å². The Labute approximate surface area is 161 Å². The van der Waals surface area contributed by atoms with Gasteiger partial charge in [-0.2, -0.15) is 0 Å². The monoisotopic (exact) mass is 382 g/mol. The van der Waals surface area contributed by atoms with Crippen LogP contribution in [0.2, 0.25) is 0 Å². The van der Waals surface area contributed by atoms with Crippen molar-refractivity contribution < 1.29 is 29.2 Å². The summed E-state index contributed by atoms with van der Waals surface area (Å²) in [4.78, 5) is 0. The number of para-hydroxylation sites is 1. The molecule has 3 heterocycles. The fourth-order valence-electron chi connectivity index (χ4n) is 4.22. The summed E-state index contributed by atoms with van der Waals surface area (Å²) in [7, 11) is 0. The van der Waals surface area contributed by atoms with Crippen molar-refractivity contribution in [3.05, 3.63) is 71.0 Å². The van der Waals surface area contributed by atoms with Crippen molar-refractivity contribution in [2.24, 2.45) is 0 Å². The Balaban J connectivity index is 1.50. The second kappa shape index (κ2) is 6.40. The van der Waals surface area contributed by atoms with E-state index in [1.54, 1.807) is 6.92 Å². The maximum absolute atomic E-state index is 10.7. The van der Waals surface area contributed by atoms with E-state index in [2.05, 4.69) is 0 Å². The second-order valence-electron chi connectivity index (χ2n) is 7.62. The molecule has 6 heteroatoms. The fourth-order valence-corrected chi connectivity index (χ4v) is 4.22. The average Bonchev–Trinajstić information content (AvgIpc) is 3.26. The lowest BCUT2D eigenvalue weighted by Gasteiger charge is -2.45. The van der Waals surface area contributed by atoms with Crippen LogP contribution < -0.4 is 0 Å². The molecular formula is C22H22O6. The molecule has 0 saturated carbocycles. The number of ether oxygens (including phenoxy) is 2. The number of hydrogen-bond donors (Lipinski definition) is 3. The summed E-state index contributed by atoms with van der Waals surface area (Å²) in [5, 5.41) is 32.0. The van der Waals surface area contributed by atoms with E-state index in [0.29, 0.717) is 12.0 Å². The van der Waals surface area contributed by atoms with E-state index < -0.39 is 30.2 Å². The van der Waals surface area contributed by atoms with Crippen molar-refractivity contribution in [2.75, 3.05) is 0 Å². The first-order valence-corrected chi connectivity index (χ1v) is 9.43. The molecule has 2 aliphatic rings. The maximum atomic E-state index is 10.7. The van der Waals surface area contributed by atoms with Gasteiger partial charge in [0.05, 0.1) is 12.7 Å². The van der Waals surface area contributed by atoms with Crippen molar-refractivity contribution in [2.45, 2.75) is 50.2 Å². The van der Waals surface area contributed by atoms with Crippen molar-refractivity contribution in [3.63, 3.8) is 0 Å². The highest BCUT2D eigenvalue weighted by Crippen LogP contribution is 2.46. The van der Waals surface area contributed by atoms with Crippen LogP contribution in [0.25, 0.3) is 11.0 Å². The molecule has 1 fully saturated rings. The number of benzene rings is 2. The molecule has 5 unspecified atom stereocenters. The summed E-state index contributed by atoms with van der Waals surface area (Å²) in [6, 6.07) is 15.7. The van der Waals surface area contributed by atoms with Gasteiger partial charge in [-0.15, -0.1) is 0 Å². The second-order valence-corrected chi connectivity index (χ2v) is 7.62. The highest BCUT2D eigenvalue weighted by atomic mass is 16.7. The lowest BCUT2D eigenvalue weighted by molar-refractivity contribution is -0.362. The molecule has 0 radical (unpaired) electrons. The van der Waals surface area contributed by atoms with E-state index in [0.717, 1.165) is 27.9 Å². The van der Waals surface area contributed by atoms with Crippen LogP contribution in [0.1, 0.15) is 29.4 Å². The summed E-state index contributed by atoms with van der Waals surface area (Å²) in [5.41, 5.74) is 3.40. The standard InChI is InChI=1S/C22H22O6/c1-12-19(23)20(24)21(25)22(28-12)17-9-13(6-7-15(17)11-26-22)8-16-10-14-4-2-3-5-18(14)27-16/h2-7,9-10,12,19-21,23-25H,8,11H2,1H3. The highest BCUT2D eigenvalue weighted by Gasteiger charge is 2.57. The topological polar surface area (TPSA) is 92.3 Å². The SMILES string of the molecule is CC1OC2(OCc3ccc(Cc4cc5ccccc5o4)cc32)C(O)C(O)C1O. The van der Waals surface area contributed by atoms with Gasteiger partial charge in [-0.3, -0.25) is 0 Å². The number of fused-ring (bicyclic) bond motifs is 3. The third-order valence-electron chi connectivity index (χ3n) is 5.75. The first-order valence-electron chi connectivity index (χ1n) is 9.43. The molecule has 1 saturated heterocycles. The Morgan fingerprint density at radius 1 is 1.04 bits per heavy atom.